The van der Waals surface area contributed by atoms with Crippen molar-refractivity contribution in [1.29, 1.82) is 0 Å². The van der Waals surface area contributed by atoms with Gasteiger partial charge >= 0.3 is 0 Å². The molecule has 21 heavy (non-hydrogen) atoms. The summed E-state index contributed by atoms with van der Waals surface area (Å²) in [5.41, 5.74) is 0.0785. The average molecular weight is 289 g/mol. The highest BCUT2D eigenvalue weighted by Gasteiger charge is 2.48. The topological polar surface area (TPSA) is 91.1 Å². The highest BCUT2D eigenvalue weighted by molar-refractivity contribution is 5.94. The molecule has 1 aliphatic heterocycles. The Bertz CT molecular complexity index is 646. The first-order valence-corrected chi connectivity index (χ1v) is 7.31. The van der Waals surface area contributed by atoms with Gasteiger partial charge in [0.15, 0.2) is 5.43 Å². The monoisotopic (exact) mass is 289 g/mol. The number of hydrogen-bond acceptors (Lipinski definition) is 3. The zero-order valence-corrected chi connectivity index (χ0v) is 12.0. The highest BCUT2D eigenvalue weighted by atomic mass is 16.2. The van der Waals surface area contributed by atoms with E-state index in [4.69, 9.17) is 0 Å². The Morgan fingerprint density at radius 3 is 2.76 bits per heavy atom. The van der Waals surface area contributed by atoms with Gasteiger partial charge in [-0.3, -0.25) is 14.4 Å². The zero-order chi connectivity index (χ0) is 15.0. The van der Waals surface area contributed by atoms with E-state index in [1.807, 2.05) is 0 Å². The number of rotatable bonds is 2. The second-order valence-electron chi connectivity index (χ2n) is 6.00. The Morgan fingerprint density at radius 2 is 2.10 bits per heavy atom. The van der Waals surface area contributed by atoms with Crippen LogP contribution in [-0.2, 0) is 4.79 Å². The van der Waals surface area contributed by atoms with Gasteiger partial charge in [-0.05, 0) is 32.6 Å². The molecule has 2 amide bonds. The Kier molecular flexibility index (Phi) is 3.31. The van der Waals surface area contributed by atoms with Crippen LogP contribution in [0.4, 0.5) is 0 Å². The van der Waals surface area contributed by atoms with Gasteiger partial charge in [0.2, 0.25) is 5.91 Å². The van der Waals surface area contributed by atoms with E-state index in [9.17, 15) is 14.4 Å². The molecule has 1 aromatic heterocycles. The summed E-state index contributed by atoms with van der Waals surface area (Å²) in [6, 6.07) is -0.101. The van der Waals surface area contributed by atoms with Crippen LogP contribution in [0.3, 0.4) is 0 Å². The van der Waals surface area contributed by atoms with Crippen molar-refractivity contribution in [2.75, 3.05) is 0 Å². The SMILES string of the molecule is Cc1c[nH]cc(C(=O)NC2CCC(=O)NC23CCC3)c1=O. The summed E-state index contributed by atoms with van der Waals surface area (Å²) in [6.45, 7) is 1.67. The first-order chi connectivity index (χ1) is 10.0. The number of aryl methyl sites for hydroxylation is 1. The van der Waals surface area contributed by atoms with Gasteiger partial charge < -0.3 is 15.6 Å². The van der Waals surface area contributed by atoms with Gasteiger partial charge in [0.05, 0.1) is 11.6 Å². The number of aromatic amines is 1. The molecule has 0 bridgehead atoms. The molecule has 1 aliphatic carbocycles. The fraction of sp³-hybridized carbons (Fsp3) is 0.533. The van der Waals surface area contributed by atoms with E-state index < -0.39 is 0 Å². The molecule has 1 saturated heterocycles. The number of carbonyl (C=O) groups excluding carboxylic acids is 2. The third-order valence-corrected chi connectivity index (χ3v) is 4.64. The molecule has 3 N–H and O–H groups in total. The molecule has 2 heterocycles. The molecule has 2 aliphatic rings. The predicted octanol–water partition coefficient (Wildman–Crippen LogP) is 0.614. The van der Waals surface area contributed by atoms with Crippen LogP contribution in [0, 0.1) is 6.92 Å². The van der Waals surface area contributed by atoms with Crippen molar-refractivity contribution in [1.82, 2.24) is 15.6 Å². The molecular formula is C15H19N3O3. The van der Waals surface area contributed by atoms with Crippen LogP contribution in [0.15, 0.2) is 17.2 Å². The fourth-order valence-electron chi connectivity index (χ4n) is 3.22. The minimum atomic E-state index is -0.368. The van der Waals surface area contributed by atoms with Crippen molar-refractivity contribution >= 4 is 11.8 Å². The standard InChI is InChI=1S/C15H19N3O3/c1-9-7-16-8-10(13(9)20)14(21)17-11-3-4-12(19)18-15(11)5-2-6-15/h7-8,11H,2-6H2,1H3,(H,16,20)(H,17,21)(H,18,19). The number of amides is 2. The summed E-state index contributed by atoms with van der Waals surface area (Å²) >= 11 is 0. The number of hydrogen-bond donors (Lipinski definition) is 3. The lowest BCUT2D eigenvalue weighted by molar-refractivity contribution is -0.127. The summed E-state index contributed by atoms with van der Waals surface area (Å²) < 4.78 is 0. The number of carbonyl (C=O) groups is 2. The van der Waals surface area contributed by atoms with E-state index in [0.29, 0.717) is 18.4 Å². The van der Waals surface area contributed by atoms with E-state index in [0.717, 1.165) is 19.3 Å². The number of piperidine rings is 1. The first-order valence-electron chi connectivity index (χ1n) is 7.31. The van der Waals surface area contributed by atoms with E-state index >= 15 is 0 Å². The van der Waals surface area contributed by atoms with Crippen molar-refractivity contribution < 1.29 is 9.59 Å². The summed E-state index contributed by atoms with van der Waals surface area (Å²) in [7, 11) is 0. The Labute approximate surface area is 122 Å². The first kappa shape index (κ1) is 13.9. The van der Waals surface area contributed by atoms with Crippen LogP contribution in [-0.4, -0.2) is 28.4 Å². The molecule has 6 heteroatoms. The number of H-pyrrole nitrogens is 1. The third-order valence-electron chi connectivity index (χ3n) is 4.64. The van der Waals surface area contributed by atoms with E-state index in [1.54, 1.807) is 13.1 Å². The summed E-state index contributed by atoms with van der Waals surface area (Å²) in [6.07, 6.45) is 6.87. The minimum absolute atomic E-state index is 0.0496. The van der Waals surface area contributed by atoms with Crippen LogP contribution in [0.2, 0.25) is 0 Å². The minimum Gasteiger partial charge on any atom is -0.366 e. The second-order valence-corrected chi connectivity index (χ2v) is 6.00. The van der Waals surface area contributed by atoms with Gasteiger partial charge in [0.1, 0.15) is 5.56 Å². The summed E-state index contributed by atoms with van der Waals surface area (Å²) in [5, 5.41) is 5.97. The Hall–Kier alpha value is -2.11. The molecule has 1 aromatic rings. The maximum atomic E-state index is 12.4. The Balaban J connectivity index is 1.79. The van der Waals surface area contributed by atoms with Gasteiger partial charge in [-0.25, -0.2) is 0 Å². The third kappa shape index (κ3) is 2.34. The van der Waals surface area contributed by atoms with E-state index in [-0.39, 0.29) is 34.4 Å². The van der Waals surface area contributed by atoms with Crippen LogP contribution < -0.4 is 16.1 Å². The molecule has 0 aromatic carbocycles. The largest absolute Gasteiger partial charge is 0.366 e. The summed E-state index contributed by atoms with van der Waals surface area (Å²) in [4.78, 5) is 38.8. The van der Waals surface area contributed by atoms with Crippen molar-refractivity contribution in [2.24, 2.45) is 0 Å². The molecule has 112 valence electrons. The molecule has 0 radical (unpaired) electrons. The van der Waals surface area contributed by atoms with Gasteiger partial charge in [-0.2, -0.15) is 0 Å². The maximum Gasteiger partial charge on any atom is 0.257 e. The average Bonchev–Trinajstić information content (AvgIpc) is 2.42. The number of aromatic nitrogens is 1. The quantitative estimate of drug-likeness (QED) is 0.745. The molecule has 3 rings (SSSR count). The van der Waals surface area contributed by atoms with Crippen molar-refractivity contribution in [2.45, 2.75) is 50.6 Å². The molecule has 1 saturated carbocycles. The molecule has 1 atom stereocenters. The van der Waals surface area contributed by atoms with Gasteiger partial charge in [0.25, 0.3) is 5.91 Å². The lowest BCUT2D eigenvalue weighted by atomic mass is 9.68. The van der Waals surface area contributed by atoms with E-state index in [1.165, 1.54) is 6.20 Å². The lowest BCUT2D eigenvalue weighted by Crippen LogP contribution is -2.68. The molecule has 1 spiro atoms. The van der Waals surface area contributed by atoms with Crippen LogP contribution in [0.5, 0.6) is 0 Å². The molecule has 1 unspecified atom stereocenters. The predicted molar refractivity (Wildman–Crippen MR) is 77.0 cm³/mol. The molecule has 6 nitrogen and oxygen atoms in total. The van der Waals surface area contributed by atoms with Gasteiger partial charge in [-0.15, -0.1) is 0 Å². The fourth-order valence-corrected chi connectivity index (χ4v) is 3.22. The van der Waals surface area contributed by atoms with Crippen LogP contribution >= 0.6 is 0 Å². The lowest BCUT2D eigenvalue weighted by Gasteiger charge is -2.50. The van der Waals surface area contributed by atoms with Gasteiger partial charge in [0, 0.05) is 24.4 Å². The van der Waals surface area contributed by atoms with Gasteiger partial charge in [-0.1, -0.05) is 0 Å². The summed E-state index contributed by atoms with van der Waals surface area (Å²) in [5.74, 6) is -0.319. The van der Waals surface area contributed by atoms with E-state index in [2.05, 4.69) is 15.6 Å². The number of pyridine rings is 1. The van der Waals surface area contributed by atoms with Crippen LogP contribution in [0.1, 0.15) is 48.0 Å². The molecule has 2 fully saturated rings. The number of nitrogens with one attached hydrogen (secondary N) is 3. The van der Waals surface area contributed by atoms with Crippen LogP contribution in [0.25, 0.3) is 0 Å². The van der Waals surface area contributed by atoms with Crippen molar-refractivity contribution in [3.8, 4) is 0 Å². The van der Waals surface area contributed by atoms with Crippen molar-refractivity contribution in [3.05, 3.63) is 33.7 Å². The smallest absolute Gasteiger partial charge is 0.257 e. The molecular weight excluding hydrogens is 270 g/mol. The highest BCUT2D eigenvalue weighted by Crippen LogP contribution is 2.38. The zero-order valence-electron chi connectivity index (χ0n) is 12.0. The normalized spacial score (nSPS) is 23.3. The maximum absolute atomic E-state index is 12.4. The second kappa shape index (κ2) is 5.02. The van der Waals surface area contributed by atoms with Crippen molar-refractivity contribution in [3.63, 3.8) is 0 Å². The Morgan fingerprint density at radius 1 is 1.33 bits per heavy atom.